The van der Waals surface area contributed by atoms with E-state index in [1.807, 2.05) is 54.6 Å². The number of hydrogen-bond acceptors (Lipinski definition) is 3. The highest BCUT2D eigenvalue weighted by Gasteiger charge is 2.22. The van der Waals surface area contributed by atoms with E-state index in [9.17, 15) is 4.79 Å². The number of aromatic nitrogens is 2. The molecule has 0 aliphatic heterocycles. The van der Waals surface area contributed by atoms with E-state index in [4.69, 9.17) is 4.74 Å². The predicted octanol–water partition coefficient (Wildman–Crippen LogP) is 4.87. The predicted molar refractivity (Wildman–Crippen MR) is 102 cm³/mol. The van der Waals surface area contributed by atoms with Gasteiger partial charge in [-0.1, -0.05) is 60.7 Å². The molecule has 4 rings (SSSR count). The standard InChI is InChI=1S/C22H18N2O2/c1-2-26-22(25)20-15-23-24(17-11-4-3-5-12-17)21(20)19-14-8-10-16-9-6-7-13-18(16)19/h3-15H,2H2,1H3. The number of fused-ring (bicyclic) bond motifs is 1. The second kappa shape index (κ2) is 6.84. The van der Waals surface area contributed by atoms with Gasteiger partial charge in [-0.2, -0.15) is 5.10 Å². The number of benzene rings is 3. The average Bonchev–Trinajstić information content (AvgIpc) is 3.13. The van der Waals surface area contributed by atoms with Gasteiger partial charge in [0.25, 0.3) is 0 Å². The van der Waals surface area contributed by atoms with Gasteiger partial charge in [0.1, 0.15) is 5.56 Å². The lowest BCUT2D eigenvalue weighted by Crippen LogP contribution is -2.07. The molecule has 1 aromatic heterocycles. The van der Waals surface area contributed by atoms with E-state index in [0.717, 1.165) is 27.7 Å². The molecule has 4 aromatic rings. The summed E-state index contributed by atoms with van der Waals surface area (Å²) in [6.45, 7) is 2.13. The Kier molecular flexibility index (Phi) is 4.23. The van der Waals surface area contributed by atoms with Gasteiger partial charge in [0.2, 0.25) is 0 Å². The minimum atomic E-state index is -0.363. The van der Waals surface area contributed by atoms with Crippen molar-refractivity contribution in [3.63, 3.8) is 0 Å². The molecule has 3 aromatic carbocycles. The lowest BCUT2D eigenvalue weighted by atomic mass is 9.99. The third kappa shape index (κ3) is 2.75. The fourth-order valence-electron chi connectivity index (χ4n) is 3.16. The molecular weight excluding hydrogens is 324 g/mol. The molecule has 0 fully saturated rings. The molecule has 0 bridgehead atoms. The van der Waals surface area contributed by atoms with Crippen LogP contribution in [0.2, 0.25) is 0 Å². The first-order valence-electron chi connectivity index (χ1n) is 8.58. The molecular formula is C22H18N2O2. The van der Waals surface area contributed by atoms with Crippen LogP contribution in [0.15, 0.2) is 79.0 Å². The Morgan fingerprint density at radius 3 is 2.50 bits per heavy atom. The Balaban J connectivity index is 2.01. The molecule has 0 radical (unpaired) electrons. The van der Waals surface area contributed by atoms with Gasteiger partial charge in [-0.25, -0.2) is 9.48 Å². The molecule has 128 valence electrons. The van der Waals surface area contributed by atoms with Crippen molar-refractivity contribution in [3.05, 3.63) is 84.6 Å². The SMILES string of the molecule is CCOC(=O)c1cnn(-c2ccccc2)c1-c1cccc2ccccc12. The maximum atomic E-state index is 12.5. The van der Waals surface area contributed by atoms with Crippen molar-refractivity contribution in [1.29, 1.82) is 0 Å². The lowest BCUT2D eigenvalue weighted by molar-refractivity contribution is 0.0527. The Morgan fingerprint density at radius 1 is 0.962 bits per heavy atom. The highest BCUT2D eigenvalue weighted by molar-refractivity contribution is 6.03. The van der Waals surface area contributed by atoms with Crippen LogP contribution < -0.4 is 0 Å². The highest BCUT2D eigenvalue weighted by atomic mass is 16.5. The second-order valence-electron chi connectivity index (χ2n) is 5.90. The van der Waals surface area contributed by atoms with Gasteiger partial charge in [0.05, 0.1) is 24.2 Å². The molecule has 26 heavy (non-hydrogen) atoms. The molecule has 0 aliphatic carbocycles. The van der Waals surface area contributed by atoms with Gasteiger partial charge in [-0.15, -0.1) is 0 Å². The van der Waals surface area contributed by atoms with Gasteiger partial charge in [-0.05, 0) is 29.8 Å². The number of nitrogens with zero attached hydrogens (tertiary/aromatic N) is 2. The molecule has 0 saturated carbocycles. The van der Waals surface area contributed by atoms with Crippen LogP contribution in [0.4, 0.5) is 0 Å². The fourth-order valence-corrected chi connectivity index (χ4v) is 3.16. The average molecular weight is 342 g/mol. The van der Waals surface area contributed by atoms with Crippen LogP contribution in [-0.4, -0.2) is 22.4 Å². The lowest BCUT2D eigenvalue weighted by Gasteiger charge is -2.12. The van der Waals surface area contributed by atoms with E-state index in [1.54, 1.807) is 17.8 Å². The number of rotatable bonds is 4. The van der Waals surface area contributed by atoms with Crippen LogP contribution in [-0.2, 0) is 4.74 Å². The largest absolute Gasteiger partial charge is 0.462 e. The minimum absolute atomic E-state index is 0.324. The van der Waals surface area contributed by atoms with E-state index < -0.39 is 0 Å². The molecule has 0 spiro atoms. The zero-order valence-electron chi connectivity index (χ0n) is 14.4. The molecule has 0 aliphatic rings. The summed E-state index contributed by atoms with van der Waals surface area (Å²) >= 11 is 0. The zero-order valence-corrected chi connectivity index (χ0v) is 14.4. The van der Waals surface area contributed by atoms with Crippen LogP contribution in [0.25, 0.3) is 27.7 Å². The number of carbonyl (C=O) groups is 1. The first-order valence-corrected chi connectivity index (χ1v) is 8.58. The van der Waals surface area contributed by atoms with Crippen LogP contribution in [0.1, 0.15) is 17.3 Å². The van der Waals surface area contributed by atoms with Gasteiger partial charge < -0.3 is 4.74 Å². The zero-order chi connectivity index (χ0) is 17.9. The highest BCUT2D eigenvalue weighted by Crippen LogP contribution is 2.33. The molecule has 0 amide bonds. The number of esters is 1. The summed E-state index contributed by atoms with van der Waals surface area (Å²) in [7, 11) is 0. The molecule has 0 N–H and O–H groups in total. The Hall–Kier alpha value is -3.40. The van der Waals surface area contributed by atoms with Crippen LogP contribution in [0.3, 0.4) is 0 Å². The summed E-state index contributed by atoms with van der Waals surface area (Å²) in [6.07, 6.45) is 1.59. The number of hydrogen-bond donors (Lipinski definition) is 0. The molecule has 4 nitrogen and oxygen atoms in total. The Morgan fingerprint density at radius 2 is 1.69 bits per heavy atom. The maximum Gasteiger partial charge on any atom is 0.342 e. The minimum Gasteiger partial charge on any atom is -0.462 e. The summed E-state index contributed by atoms with van der Waals surface area (Å²) in [6, 6.07) is 24.0. The molecule has 4 heteroatoms. The molecule has 0 atom stereocenters. The second-order valence-corrected chi connectivity index (χ2v) is 5.90. The van der Waals surface area contributed by atoms with Gasteiger partial charge in [-0.3, -0.25) is 0 Å². The van der Waals surface area contributed by atoms with E-state index in [-0.39, 0.29) is 5.97 Å². The first kappa shape index (κ1) is 16.1. The van der Waals surface area contributed by atoms with Gasteiger partial charge >= 0.3 is 5.97 Å². The van der Waals surface area contributed by atoms with E-state index in [0.29, 0.717) is 12.2 Å². The van der Waals surface area contributed by atoms with Gasteiger partial charge in [0.15, 0.2) is 0 Å². The van der Waals surface area contributed by atoms with Crippen molar-refractivity contribution < 1.29 is 9.53 Å². The van der Waals surface area contributed by atoms with Crippen molar-refractivity contribution in [2.24, 2.45) is 0 Å². The van der Waals surface area contributed by atoms with Crippen molar-refractivity contribution in [2.75, 3.05) is 6.61 Å². The summed E-state index contributed by atoms with van der Waals surface area (Å²) < 4.78 is 7.06. The summed E-state index contributed by atoms with van der Waals surface area (Å²) in [5.74, 6) is -0.363. The molecule has 1 heterocycles. The summed E-state index contributed by atoms with van der Waals surface area (Å²) in [5, 5.41) is 6.67. The van der Waals surface area contributed by atoms with E-state index >= 15 is 0 Å². The Labute approximate surface area is 151 Å². The third-order valence-electron chi connectivity index (χ3n) is 4.31. The topological polar surface area (TPSA) is 44.1 Å². The van der Waals surface area contributed by atoms with Crippen molar-refractivity contribution in [2.45, 2.75) is 6.92 Å². The van der Waals surface area contributed by atoms with E-state index in [1.165, 1.54) is 0 Å². The van der Waals surface area contributed by atoms with Gasteiger partial charge in [0, 0.05) is 5.56 Å². The third-order valence-corrected chi connectivity index (χ3v) is 4.31. The fraction of sp³-hybridized carbons (Fsp3) is 0.0909. The van der Waals surface area contributed by atoms with Crippen LogP contribution in [0, 0.1) is 0 Å². The summed E-state index contributed by atoms with van der Waals surface area (Å²) in [5.41, 5.74) is 3.05. The summed E-state index contributed by atoms with van der Waals surface area (Å²) in [4.78, 5) is 12.5. The first-order chi connectivity index (χ1) is 12.8. The van der Waals surface area contributed by atoms with Crippen molar-refractivity contribution in [1.82, 2.24) is 9.78 Å². The quantitative estimate of drug-likeness (QED) is 0.497. The number of carbonyl (C=O) groups excluding carboxylic acids is 1. The normalized spacial score (nSPS) is 10.8. The van der Waals surface area contributed by atoms with E-state index in [2.05, 4.69) is 23.3 Å². The Bertz CT molecular complexity index is 1060. The van der Waals surface area contributed by atoms with Crippen molar-refractivity contribution in [3.8, 4) is 16.9 Å². The van der Waals surface area contributed by atoms with Crippen molar-refractivity contribution >= 4 is 16.7 Å². The molecule has 0 saturated heterocycles. The number of para-hydroxylation sites is 1. The monoisotopic (exact) mass is 342 g/mol. The molecule has 0 unspecified atom stereocenters. The smallest absolute Gasteiger partial charge is 0.342 e. The van der Waals surface area contributed by atoms with Crippen LogP contribution >= 0.6 is 0 Å². The maximum absolute atomic E-state index is 12.5. The van der Waals surface area contributed by atoms with Crippen LogP contribution in [0.5, 0.6) is 0 Å². The number of ether oxygens (including phenoxy) is 1.